The standard InChI is InChI=1S/C70H139NO10/c1-3-5-7-9-11-13-15-17-19-21-23-25-27-29-30-31-32-33-34-36-38-40-42-44-46-48-50-52-54-56-58-63(74)69(79)71-61(60-80-70-68(78)67(77)66(76)64(59-72)81-70)65(75)62(73)57-55-53-51-49-47-45-43-41-39-37-35-28-26-24-22-20-18-16-14-12-10-8-6-4-2/h61-68,70,72-78H,3-60H2,1-2H3,(H,71,79). The topological polar surface area (TPSA) is 189 Å². The second kappa shape index (κ2) is 59.4. The number of rotatable bonds is 64. The van der Waals surface area contributed by atoms with Crippen LogP contribution in [-0.2, 0) is 14.3 Å². The molecule has 0 bridgehead atoms. The van der Waals surface area contributed by atoms with Crippen molar-refractivity contribution in [1.29, 1.82) is 0 Å². The van der Waals surface area contributed by atoms with E-state index in [1.165, 1.54) is 295 Å². The quantitative estimate of drug-likeness (QED) is 0.0272. The lowest BCUT2D eigenvalue weighted by molar-refractivity contribution is -0.303. The molecule has 0 spiro atoms. The van der Waals surface area contributed by atoms with Crippen LogP contribution in [0.2, 0.25) is 0 Å². The molecule has 1 saturated heterocycles. The highest BCUT2D eigenvalue weighted by Crippen LogP contribution is 2.24. The lowest BCUT2D eigenvalue weighted by Gasteiger charge is -2.40. The molecule has 1 aliphatic rings. The number of ether oxygens (including phenoxy) is 2. The maximum absolute atomic E-state index is 13.3. The fourth-order valence-corrected chi connectivity index (χ4v) is 12.2. The van der Waals surface area contributed by atoms with E-state index in [0.717, 1.165) is 38.5 Å². The number of carbonyl (C=O) groups excluding carboxylic acids is 1. The van der Waals surface area contributed by atoms with Crippen LogP contribution in [0.4, 0.5) is 0 Å². The number of aliphatic hydroxyl groups excluding tert-OH is 7. The largest absolute Gasteiger partial charge is 0.394 e. The molecule has 1 fully saturated rings. The van der Waals surface area contributed by atoms with Crippen LogP contribution in [0.5, 0.6) is 0 Å². The van der Waals surface area contributed by atoms with Crippen molar-refractivity contribution < 1.29 is 50.0 Å². The van der Waals surface area contributed by atoms with Crippen molar-refractivity contribution in [3.05, 3.63) is 0 Å². The first-order chi connectivity index (χ1) is 39.7. The zero-order chi connectivity index (χ0) is 58.9. The van der Waals surface area contributed by atoms with Gasteiger partial charge in [0.25, 0.3) is 0 Å². The number of nitrogens with one attached hydrogen (secondary N) is 1. The summed E-state index contributed by atoms with van der Waals surface area (Å²) in [5.41, 5.74) is 0. The Kier molecular flexibility index (Phi) is 57.3. The van der Waals surface area contributed by atoms with Gasteiger partial charge in [-0.15, -0.1) is 0 Å². The summed E-state index contributed by atoms with van der Waals surface area (Å²) < 4.78 is 11.2. The summed E-state index contributed by atoms with van der Waals surface area (Å²) in [7, 11) is 0. The number of carbonyl (C=O) groups is 1. The van der Waals surface area contributed by atoms with Crippen molar-refractivity contribution in [1.82, 2.24) is 5.32 Å². The smallest absolute Gasteiger partial charge is 0.249 e. The van der Waals surface area contributed by atoms with E-state index in [1.54, 1.807) is 0 Å². The molecule has 484 valence electrons. The molecule has 1 heterocycles. The molecule has 1 amide bonds. The maximum Gasteiger partial charge on any atom is 0.249 e. The Morgan fingerprint density at radius 2 is 0.642 bits per heavy atom. The minimum atomic E-state index is -1.66. The molecule has 0 radical (unpaired) electrons. The van der Waals surface area contributed by atoms with Gasteiger partial charge >= 0.3 is 0 Å². The third kappa shape index (κ3) is 46.9. The van der Waals surface area contributed by atoms with Crippen LogP contribution in [-0.4, -0.2) is 110 Å². The highest BCUT2D eigenvalue weighted by atomic mass is 16.7. The van der Waals surface area contributed by atoms with Crippen LogP contribution in [0.25, 0.3) is 0 Å². The van der Waals surface area contributed by atoms with Gasteiger partial charge in [0.2, 0.25) is 5.91 Å². The summed E-state index contributed by atoms with van der Waals surface area (Å²) in [6.45, 7) is 3.53. The van der Waals surface area contributed by atoms with Gasteiger partial charge in [-0.1, -0.05) is 361 Å². The van der Waals surface area contributed by atoms with Gasteiger partial charge in [-0.2, -0.15) is 0 Å². The Labute approximate surface area is 500 Å². The molecular weight excluding hydrogens is 1010 g/mol. The minimum absolute atomic E-state index is 0.268. The Bertz CT molecular complexity index is 1280. The van der Waals surface area contributed by atoms with Gasteiger partial charge in [0, 0.05) is 0 Å². The summed E-state index contributed by atoms with van der Waals surface area (Å²) in [6, 6.07) is -1.16. The molecule has 1 aliphatic heterocycles. The van der Waals surface area contributed by atoms with Crippen LogP contribution in [0.15, 0.2) is 0 Å². The van der Waals surface area contributed by atoms with E-state index < -0.39 is 74.2 Å². The Hall–Kier alpha value is -0.890. The zero-order valence-electron chi connectivity index (χ0n) is 53.6. The summed E-state index contributed by atoms with van der Waals surface area (Å²) in [6.07, 6.45) is 60.4. The van der Waals surface area contributed by atoms with Gasteiger partial charge in [0.15, 0.2) is 6.29 Å². The van der Waals surface area contributed by atoms with Crippen LogP contribution in [0.1, 0.15) is 373 Å². The zero-order valence-corrected chi connectivity index (χ0v) is 53.6. The van der Waals surface area contributed by atoms with E-state index in [4.69, 9.17) is 9.47 Å². The molecule has 8 N–H and O–H groups in total. The van der Waals surface area contributed by atoms with Crippen molar-refractivity contribution in [2.75, 3.05) is 13.2 Å². The van der Waals surface area contributed by atoms with Crippen LogP contribution < -0.4 is 5.32 Å². The fraction of sp³-hybridized carbons (Fsp3) is 0.986. The molecule has 1 rings (SSSR count). The van der Waals surface area contributed by atoms with Gasteiger partial charge in [-0.25, -0.2) is 0 Å². The van der Waals surface area contributed by atoms with E-state index in [9.17, 15) is 40.5 Å². The molecule has 0 aromatic heterocycles. The van der Waals surface area contributed by atoms with E-state index in [2.05, 4.69) is 19.2 Å². The summed E-state index contributed by atoms with van der Waals surface area (Å²) in [5.74, 6) is -0.686. The first-order valence-electron chi connectivity index (χ1n) is 35.9. The van der Waals surface area contributed by atoms with E-state index >= 15 is 0 Å². The summed E-state index contributed by atoms with van der Waals surface area (Å²) in [5, 5.41) is 76.6. The number of amides is 1. The van der Waals surface area contributed by atoms with Crippen molar-refractivity contribution in [3.63, 3.8) is 0 Å². The Morgan fingerprint density at radius 3 is 0.914 bits per heavy atom. The van der Waals surface area contributed by atoms with Gasteiger partial charge in [-0.05, 0) is 12.8 Å². The molecule has 0 aliphatic carbocycles. The predicted octanol–water partition coefficient (Wildman–Crippen LogP) is 17.3. The third-order valence-electron chi connectivity index (χ3n) is 17.9. The second-order valence-electron chi connectivity index (χ2n) is 25.7. The molecule has 9 unspecified atom stereocenters. The Balaban J connectivity index is 2.17. The van der Waals surface area contributed by atoms with E-state index in [0.29, 0.717) is 19.3 Å². The summed E-state index contributed by atoms with van der Waals surface area (Å²) >= 11 is 0. The number of aliphatic hydroxyl groups is 7. The molecule has 11 nitrogen and oxygen atoms in total. The highest BCUT2D eigenvalue weighted by Gasteiger charge is 2.44. The monoisotopic (exact) mass is 1150 g/mol. The summed E-state index contributed by atoms with van der Waals surface area (Å²) in [4.78, 5) is 13.3. The molecule has 0 saturated carbocycles. The van der Waals surface area contributed by atoms with E-state index in [1.807, 2.05) is 0 Å². The fourth-order valence-electron chi connectivity index (χ4n) is 12.2. The normalized spacial score (nSPS) is 19.0. The molecule has 0 aromatic rings. The molecule has 81 heavy (non-hydrogen) atoms. The minimum Gasteiger partial charge on any atom is -0.394 e. The average Bonchev–Trinajstić information content (AvgIpc) is 3.49. The molecule has 9 atom stereocenters. The SMILES string of the molecule is CCCCCCCCCCCCCCCCCCCCCCCCCCCCCCCCC(O)C(=O)NC(COC1OC(CO)C(O)C(O)C1O)C(O)C(O)CCCCCCCCCCCCCCCCCCCCCCCCCC. The van der Waals surface area contributed by atoms with Gasteiger partial charge in [0.1, 0.15) is 36.6 Å². The van der Waals surface area contributed by atoms with E-state index in [-0.39, 0.29) is 6.42 Å². The van der Waals surface area contributed by atoms with Gasteiger partial charge < -0.3 is 50.5 Å². The van der Waals surface area contributed by atoms with Gasteiger partial charge in [0.05, 0.1) is 25.4 Å². The molecule has 11 heteroatoms. The van der Waals surface area contributed by atoms with Crippen molar-refractivity contribution in [3.8, 4) is 0 Å². The van der Waals surface area contributed by atoms with Crippen LogP contribution in [0.3, 0.4) is 0 Å². The van der Waals surface area contributed by atoms with Crippen molar-refractivity contribution in [2.24, 2.45) is 0 Å². The Morgan fingerprint density at radius 1 is 0.383 bits per heavy atom. The number of hydrogen-bond donors (Lipinski definition) is 8. The first kappa shape index (κ1) is 78.1. The highest BCUT2D eigenvalue weighted by molar-refractivity contribution is 5.80. The molecule has 0 aromatic carbocycles. The maximum atomic E-state index is 13.3. The lowest BCUT2D eigenvalue weighted by atomic mass is 9.98. The third-order valence-corrected chi connectivity index (χ3v) is 17.9. The average molecular weight is 1150 g/mol. The van der Waals surface area contributed by atoms with Crippen LogP contribution >= 0.6 is 0 Å². The lowest BCUT2D eigenvalue weighted by Crippen LogP contribution is -2.60. The van der Waals surface area contributed by atoms with Crippen molar-refractivity contribution >= 4 is 5.91 Å². The van der Waals surface area contributed by atoms with Gasteiger partial charge in [-0.3, -0.25) is 4.79 Å². The molecular formula is C70H139NO10. The van der Waals surface area contributed by atoms with Crippen LogP contribution in [0, 0.1) is 0 Å². The first-order valence-corrected chi connectivity index (χ1v) is 35.9. The predicted molar refractivity (Wildman–Crippen MR) is 340 cm³/mol. The number of unbranched alkanes of at least 4 members (excludes halogenated alkanes) is 52. The number of hydrogen-bond acceptors (Lipinski definition) is 10. The van der Waals surface area contributed by atoms with Crippen molar-refractivity contribution in [2.45, 2.75) is 428 Å². The second-order valence-corrected chi connectivity index (χ2v) is 25.7.